The smallest absolute Gasteiger partial charge is 0.290 e. The van der Waals surface area contributed by atoms with E-state index in [0.29, 0.717) is 0 Å². The van der Waals surface area contributed by atoms with Crippen LogP contribution in [-0.2, 0) is 5.75 Å². The Morgan fingerprint density at radius 2 is 2.12 bits per heavy atom. The quantitative estimate of drug-likeness (QED) is 0.794. The predicted molar refractivity (Wildman–Crippen MR) is 62.5 cm³/mol. The molecule has 0 atom stereocenters. The zero-order valence-corrected chi connectivity index (χ0v) is 9.20. The van der Waals surface area contributed by atoms with Crippen LogP contribution in [0.3, 0.4) is 0 Å². The average molecular weight is 234 g/mol. The van der Waals surface area contributed by atoms with Gasteiger partial charge in [0.15, 0.2) is 5.75 Å². The molecule has 0 fully saturated rings. The summed E-state index contributed by atoms with van der Waals surface area (Å²) in [6, 6.07) is 5.32. The normalized spacial score (nSPS) is 10.2. The third-order valence-electron chi connectivity index (χ3n) is 2.01. The van der Waals surface area contributed by atoms with Gasteiger partial charge in [-0.05, 0) is 17.7 Å². The van der Waals surface area contributed by atoms with Crippen LogP contribution in [0.25, 0.3) is 0 Å². The molecule has 0 aliphatic rings. The molecule has 82 valence electrons. The first kappa shape index (κ1) is 10.8. The third-order valence-corrected chi connectivity index (χ3v) is 3.06. The highest BCUT2D eigenvalue weighted by atomic mass is 32.2. The Balaban J connectivity index is 2.05. The molecule has 0 aliphatic carbocycles. The van der Waals surface area contributed by atoms with Gasteiger partial charge in [-0.1, -0.05) is 0 Å². The summed E-state index contributed by atoms with van der Waals surface area (Å²) in [6.07, 6.45) is 5.06. The van der Waals surface area contributed by atoms with Crippen LogP contribution in [0, 0.1) is 0 Å². The molecular formula is C11H10N2O2S. The molecule has 0 radical (unpaired) electrons. The van der Waals surface area contributed by atoms with E-state index in [9.17, 15) is 9.90 Å². The van der Waals surface area contributed by atoms with Gasteiger partial charge in [0.05, 0.1) is 0 Å². The second-order valence-electron chi connectivity index (χ2n) is 3.19. The van der Waals surface area contributed by atoms with Gasteiger partial charge < -0.3 is 10.1 Å². The summed E-state index contributed by atoms with van der Waals surface area (Å²) >= 11 is 1.54. The number of nitrogens with zero attached hydrogens (tertiary/aromatic N) is 1. The Bertz CT molecular complexity index is 525. The summed E-state index contributed by atoms with van der Waals surface area (Å²) < 4.78 is 0. The van der Waals surface area contributed by atoms with E-state index >= 15 is 0 Å². The number of aromatic nitrogens is 2. The van der Waals surface area contributed by atoms with Crippen molar-refractivity contribution in [2.24, 2.45) is 0 Å². The number of hydrogen-bond acceptors (Lipinski definition) is 4. The SMILES string of the molecule is O=c1[nH]cc(SCc2ccncc2)cc1O. The van der Waals surface area contributed by atoms with Crippen molar-refractivity contribution in [2.75, 3.05) is 0 Å². The van der Waals surface area contributed by atoms with E-state index in [-0.39, 0.29) is 5.75 Å². The minimum Gasteiger partial charge on any atom is -0.503 e. The van der Waals surface area contributed by atoms with Crippen LogP contribution in [0.1, 0.15) is 5.56 Å². The first-order valence-electron chi connectivity index (χ1n) is 4.69. The van der Waals surface area contributed by atoms with Gasteiger partial charge in [-0.3, -0.25) is 9.78 Å². The fourth-order valence-corrected chi connectivity index (χ4v) is 2.04. The van der Waals surface area contributed by atoms with Gasteiger partial charge in [0.2, 0.25) is 0 Å². The van der Waals surface area contributed by atoms with E-state index in [0.717, 1.165) is 16.2 Å². The van der Waals surface area contributed by atoms with Crippen molar-refractivity contribution < 1.29 is 5.11 Å². The molecule has 2 rings (SSSR count). The molecule has 0 unspecified atom stereocenters. The van der Waals surface area contributed by atoms with Gasteiger partial charge in [-0.25, -0.2) is 0 Å². The van der Waals surface area contributed by atoms with Crippen LogP contribution in [0.4, 0.5) is 0 Å². The van der Waals surface area contributed by atoms with Crippen molar-refractivity contribution in [1.29, 1.82) is 0 Å². The molecule has 0 spiro atoms. The van der Waals surface area contributed by atoms with Gasteiger partial charge in [0, 0.05) is 35.3 Å². The fraction of sp³-hybridized carbons (Fsp3) is 0.0909. The zero-order chi connectivity index (χ0) is 11.4. The van der Waals surface area contributed by atoms with Gasteiger partial charge in [-0.2, -0.15) is 0 Å². The molecule has 2 aromatic rings. The molecule has 0 amide bonds. The summed E-state index contributed by atoms with van der Waals surface area (Å²) in [6.45, 7) is 0. The van der Waals surface area contributed by atoms with E-state index in [2.05, 4.69) is 9.97 Å². The van der Waals surface area contributed by atoms with Gasteiger partial charge in [-0.15, -0.1) is 11.8 Å². The number of aromatic hydroxyl groups is 1. The van der Waals surface area contributed by atoms with Crippen molar-refractivity contribution in [3.63, 3.8) is 0 Å². The monoisotopic (exact) mass is 234 g/mol. The maximum absolute atomic E-state index is 10.9. The predicted octanol–water partition coefficient (Wildman–Crippen LogP) is 1.77. The Labute approximate surface area is 96.4 Å². The number of aromatic amines is 1. The lowest BCUT2D eigenvalue weighted by Crippen LogP contribution is -2.03. The molecule has 5 heteroatoms. The summed E-state index contributed by atoms with van der Waals surface area (Å²) in [5, 5.41) is 9.23. The average Bonchev–Trinajstić information content (AvgIpc) is 2.32. The number of hydrogen-bond donors (Lipinski definition) is 2. The molecule has 0 saturated carbocycles. The second kappa shape index (κ2) is 4.85. The maximum Gasteiger partial charge on any atom is 0.290 e. The Hall–Kier alpha value is -1.75. The van der Waals surface area contributed by atoms with E-state index in [1.165, 1.54) is 17.8 Å². The Morgan fingerprint density at radius 3 is 2.81 bits per heavy atom. The number of rotatable bonds is 3. The van der Waals surface area contributed by atoms with Crippen LogP contribution < -0.4 is 5.56 Å². The summed E-state index contributed by atoms with van der Waals surface area (Å²) in [5.41, 5.74) is 0.680. The highest BCUT2D eigenvalue weighted by Crippen LogP contribution is 2.22. The van der Waals surface area contributed by atoms with Crippen molar-refractivity contribution >= 4 is 11.8 Å². The lowest BCUT2D eigenvalue weighted by Gasteiger charge is -2.01. The van der Waals surface area contributed by atoms with Crippen LogP contribution in [0.2, 0.25) is 0 Å². The molecule has 16 heavy (non-hydrogen) atoms. The molecule has 0 saturated heterocycles. The number of H-pyrrole nitrogens is 1. The fourth-order valence-electron chi connectivity index (χ4n) is 1.18. The number of thioether (sulfide) groups is 1. The number of pyridine rings is 2. The molecule has 0 aromatic carbocycles. The minimum absolute atomic E-state index is 0.250. The first-order chi connectivity index (χ1) is 7.75. The second-order valence-corrected chi connectivity index (χ2v) is 4.24. The van der Waals surface area contributed by atoms with Crippen LogP contribution >= 0.6 is 11.8 Å². The Morgan fingerprint density at radius 1 is 1.38 bits per heavy atom. The lowest BCUT2D eigenvalue weighted by molar-refractivity contribution is 0.464. The van der Waals surface area contributed by atoms with Crippen molar-refractivity contribution in [2.45, 2.75) is 10.6 Å². The molecule has 0 bridgehead atoms. The molecule has 0 aliphatic heterocycles. The molecule has 2 heterocycles. The first-order valence-corrected chi connectivity index (χ1v) is 5.67. The van der Waals surface area contributed by atoms with E-state index in [1.807, 2.05) is 12.1 Å². The maximum atomic E-state index is 10.9. The lowest BCUT2D eigenvalue weighted by atomic mass is 10.3. The minimum atomic E-state index is -0.465. The molecule has 2 aromatic heterocycles. The topological polar surface area (TPSA) is 66.0 Å². The molecular weight excluding hydrogens is 224 g/mol. The van der Waals surface area contributed by atoms with Gasteiger partial charge >= 0.3 is 0 Å². The van der Waals surface area contributed by atoms with Crippen molar-refractivity contribution in [3.05, 3.63) is 52.7 Å². The van der Waals surface area contributed by atoms with Crippen molar-refractivity contribution in [3.8, 4) is 5.75 Å². The van der Waals surface area contributed by atoms with Crippen LogP contribution in [0.15, 0.2) is 46.5 Å². The van der Waals surface area contributed by atoms with Gasteiger partial charge in [0.25, 0.3) is 5.56 Å². The molecule has 4 nitrogen and oxygen atoms in total. The van der Waals surface area contributed by atoms with Crippen LogP contribution in [-0.4, -0.2) is 15.1 Å². The van der Waals surface area contributed by atoms with E-state index < -0.39 is 5.56 Å². The summed E-state index contributed by atoms with van der Waals surface area (Å²) in [5.74, 6) is 0.522. The summed E-state index contributed by atoms with van der Waals surface area (Å²) in [4.78, 5) is 18.1. The third kappa shape index (κ3) is 2.64. The largest absolute Gasteiger partial charge is 0.503 e. The van der Waals surface area contributed by atoms with Gasteiger partial charge in [0.1, 0.15) is 0 Å². The highest BCUT2D eigenvalue weighted by molar-refractivity contribution is 7.98. The highest BCUT2D eigenvalue weighted by Gasteiger charge is 2.00. The van der Waals surface area contributed by atoms with E-state index in [4.69, 9.17) is 0 Å². The number of nitrogens with one attached hydrogen (secondary N) is 1. The standard InChI is InChI=1S/C11H10N2O2S/c14-10-5-9(6-13-11(10)15)16-7-8-1-3-12-4-2-8/h1-6,14H,7H2,(H,13,15). The van der Waals surface area contributed by atoms with Crippen LogP contribution in [0.5, 0.6) is 5.75 Å². The zero-order valence-electron chi connectivity index (χ0n) is 8.38. The van der Waals surface area contributed by atoms with Crippen molar-refractivity contribution in [1.82, 2.24) is 9.97 Å². The summed E-state index contributed by atoms with van der Waals surface area (Å²) in [7, 11) is 0. The molecule has 2 N–H and O–H groups in total. The Kier molecular flexibility index (Phi) is 3.26. The van der Waals surface area contributed by atoms with E-state index in [1.54, 1.807) is 18.6 Å².